The summed E-state index contributed by atoms with van der Waals surface area (Å²) in [6.07, 6.45) is 1.86. The largest absolute Gasteiger partial charge is 0.379 e. The van der Waals surface area contributed by atoms with Crippen molar-refractivity contribution in [3.05, 3.63) is 70.8 Å². The molecular weight excluding hydrogens is 286 g/mol. The fraction of sp³-hybridized carbons (Fsp3) is 0.250. The first kappa shape index (κ1) is 15.5. The van der Waals surface area contributed by atoms with E-state index in [-0.39, 0.29) is 0 Å². The molecule has 1 saturated heterocycles. The summed E-state index contributed by atoms with van der Waals surface area (Å²) in [6.45, 7) is 4.60. The van der Waals surface area contributed by atoms with Gasteiger partial charge in [-0.05, 0) is 42.0 Å². The molecular formula is C20H18NO2. The molecule has 2 aromatic rings. The second kappa shape index (κ2) is 7.73. The first-order chi connectivity index (χ1) is 11.3. The molecule has 1 fully saturated rings. The van der Waals surface area contributed by atoms with E-state index >= 15 is 0 Å². The highest BCUT2D eigenvalue weighted by molar-refractivity contribution is 5.75. The van der Waals surface area contributed by atoms with Crippen molar-refractivity contribution < 1.29 is 9.53 Å². The number of nitrogens with zero attached hydrogens (tertiary/aromatic N) is 1. The Labute approximate surface area is 136 Å². The lowest BCUT2D eigenvalue weighted by atomic mass is 10.1. The molecule has 0 unspecified atom stereocenters. The van der Waals surface area contributed by atoms with Crippen LogP contribution in [0.4, 0.5) is 0 Å². The molecule has 0 amide bonds. The molecule has 23 heavy (non-hydrogen) atoms. The van der Waals surface area contributed by atoms with Crippen LogP contribution in [0.1, 0.15) is 22.3 Å². The lowest BCUT2D eigenvalue weighted by Gasteiger charge is -2.26. The van der Waals surface area contributed by atoms with E-state index in [1.54, 1.807) is 12.1 Å². The molecule has 0 spiro atoms. The Kier molecular flexibility index (Phi) is 5.21. The zero-order valence-electron chi connectivity index (χ0n) is 12.9. The molecule has 1 radical (unpaired) electrons. The van der Waals surface area contributed by atoms with Gasteiger partial charge >= 0.3 is 0 Å². The van der Waals surface area contributed by atoms with Crippen molar-refractivity contribution in [1.29, 1.82) is 0 Å². The summed E-state index contributed by atoms with van der Waals surface area (Å²) in [5.41, 5.74) is 3.72. The molecule has 0 aliphatic carbocycles. The monoisotopic (exact) mass is 304 g/mol. The van der Waals surface area contributed by atoms with E-state index in [1.165, 1.54) is 5.56 Å². The van der Waals surface area contributed by atoms with Crippen molar-refractivity contribution in [2.45, 2.75) is 6.54 Å². The minimum atomic E-state index is 0.544. The van der Waals surface area contributed by atoms with Gasteiger partial charge in [-0.3, -0.25) is 9.69 Å². The van der Waals surface area contributed by atoms with Gasteiger partial charge in [0.05, 0.1) is 13.2 Å². The van der Waals surface area contributed by atoms with Gasteiger partial charge < -0.3 is 4.74 Å². The zero-order chi connectivity index (χ0) is 15.9. The fourth-order valence-electron chi connectivity index (χ4n) is 2.48. The molecule has 115 valence electrons. The molecule has 0 N–H and O–H groups in total. The quantitative estimate of drug-likeness (QED) is 0.816. The SMILES string of the molecule is O=[C]c1ccc(C#Cc2ccc(CN3CCOCC3)cc2)cc1. The third-order valence-electron chi connectivity index (χ3n) is 3.82. The Morgan fingerprint density at radius 1 is 0.826 bits per heavy atom. The lowest BCUT2D eigenvalue weighted by molar-refractivity contribution is 0.0342. The summed E-state index contributed by atoms with van der Waals surface area (Å²) >= 11 is 0. The Balaban J connectivity index is 1.62. The summed E-state index contributed by atoms with van der Waals surface area (Å²) in [4.78, 5) is 12.9. The first-order valence-electron chi connectivity index (χ1n) is 7.73. The van der Waals surface area contributed by atoms with Gasteiger partial charge in [-0.2, -0.15) is 0 Å². The first-order valence-corrected chi connectivity index (χ1v) is 7.73. The maximum atomic E-state index is 10.5. The molecule has 0 bridgehead atoms. The zero-order valence-corrected chi connectivity index (χ0v) is 12.9. The standard InChI is InChI=1S/C20H18NO2/c22-16-20-9-5-18(6-10-20)2-1-17-3-7-19(8-4-17)15-21-11-13-23-14-12-21/h3-10H,11-15H2. The Morgan fingerprint density at radius 3 is 1.91 bits per heavy atom. The van der Waals surface area contributed by atoms with Gasteiger partial charge in [0, 0.05) is 36.3 Å². The van der Waals surface area contributed by atoms with Gasteiger partial charge in [0.25, 0.3) is 0 Å². The van der Waals surface area contributed by atoms with Gasteiger partial charge in [-0.25, -0.2) is 0 Å². The van der Waals surface area contributed by atoms with Gasteiger partial charge in [0.15, 0.2) is 0 Å². The number of benzene rings is 2. The highest BCUT2D eigenvalue weighted by Crippen LogP contribution is 2.09. The molecule has 2 aromatic carbocycles. The molecule has 0 atom stereocenters. The number of hydrogen-bond acceptors (Lipinski definition) is 3. The van der Waals surface area contributed by atoms with Crippen LogP contribution >= 0.6 is 0 Å². The topological polar surface area (TPSA) is 29.5 Å². The van der Waals surface area contributed by atoms with Crippen LogP contribution in [-0.2, 0) is 16.1 Å². The summed E-state index contributed by atoms with van der Waals surface area (Å²) in [6, 6.07) is 15.5. The molecule has 1 aliphatic heterocycles. The Morgan fingerprint density at radius 2 is 1.35 bits per heavy atom. The predicted molar refractivity (Wildman–Crippen MR) is 89.8 cm³/mol. The summed E-state index contributed by atoms with van der Waals surface area (Å²) < 4.78 is 5.36. The van der Waals surface area contributed by atoms with Crippen molar-refractivity contribution in [2.75, 3.05) is 26.3 Å². The number of ether oxygens (including phenoxy) is 1. The van der Waals surface area contributed by atoms with Crippen molar-refractivity contribution >= 4 is 6.29 Å². The van der Waals surface area contributed by atoms with Crippen molar-refractivity contribution in [3.8, 4) is 11.8 Å². The van der Waals surface area contributed by atoms with Crippen LogP contribution in [0.15, 0.2) is 48.5 Å². The van der Waals surface area contributed by atoms with Crippen molar-refractivity contribution in [3.63, 3.8) is 0 Å². The maximum Gasteiger partial charge on any atom is 0.233 e. The number of rotatable bonds is 3. The van der Waals surface area contributed by atoms with Crippen LogP contribution in [-0.4, -0.2) is 37.5 Å². The van der Waals surface area contributed by atoms with Crippen LogP contribution < -0.4 is 0 Å². The molecule has 0 aromatic heterocycles. The van der Waals surface area contributed by atoms with Crippen molar-refractivity contribution in [2.24, 2.45) is 0 Å². The van der Waals surface area contributed by atoms with E-state index < -0.39 is 0 Å². The normalized spacial score (nSPS) is 14.8. The highest BCUT2D eigenvalue weighted by atomic mass is 16.5. The highest BCUT2D eigenvalue weighted by Gasteiger charge is 2.10. The third kappa shape index (κ3) is 4.53. The van der Waals surface area contributed by atoms with E-state index in [2.05, 4.69) is 41.0 Å². The minimum Gasteiger partial charge on any atom is -0.379 e. The lowest BCUT2D eigenvalue weighted by Crippen LogP contribution is -2.35. The number of carbonyl (C=O) groups excluding carboxylic acids is 1. The van der Waals surface area contributed by atoms with E-state index in [0.717, 1.165) is 44.0 Å². The van der Waals surface area contributed by atoms with Gasteiger partial charge in [0.2, 0.25) is 6.29 Å². The predicted octanol–water partition coefficient (Wildman–Crippen LogP) is 2.38. The summed E-state index contributed by atoms with van der Waals surface area (Å²) in [5.74, 6) is 6.25. The van der Waals surface area contributed by atoms with Gasteiger partial charge in [-0.1, -0.05) is 24.0 Å². The van der Waals surface area contributed by atoms with Gasteiger partial charge in [0.1, 0.15) is 0 Å². The van der Waals surface area contributed by atoms with Crippen LogP contribution in [0.5, 0.6) is 0 Å². The van der Waals surface area contributed by atoms with Gasteiger partial charge in [-0.15, -0.1) is 0 Å². The number of morpholine rings is 1. The smallest absolute Gasteiger partial charge is 0.233 e. The average molecular weight is 304 g/mol. The molecule has 1 aliphatic rings. The molecule has 1 heterocycles. The fourth-order valence-corrected chi connectivity index (χ4v) is 2.48. The second-order valence-corrected chi connectivity index (χ2v) is 5.51. The Hall–Kier alpha value is -2.41. The number of hydrogen-bond donors (Lipinski definition) is 0. The van der Waals surface area contributed by atoms with Crippen molar-refractivity contribution in [1.82, 2.24) is 4.90 Å². The van der Waals surface area contributed by atoms with Crippen LogP contribution in [0.2, 0.25) is 0 Å². The van der Waals surface area contributed by atoms with E-state index in [9.17, 15) is 4.79 Å². The van der Waals surface area contributed by atoms with E-state index in [1.807, 2.05) is 18.4 Å². The Bertz CT molecular complexity index is 702. The summed E-state index contributed by atoms with van der Waals surface area (Å²) in [5, 5.41) is 0. The maximum absolute atomic E-state index is 10.5. The van der Waals surface area contributed by atoms with Crippen LogP contribution in [0.3, 0.4) is 0 Å². The van der Waals surface area contributed by atoms with E-state index in [0.29, 0.717) is 5.56 Å². The minimum absolute atomic E-state index is 0.544. The van der Waals surface area contributed by atoms with E-state index in [4.69, 9.17) is 4.74 Å². The third-order valence-corrected chi connectivity index (χ3v) is 3.82. The molecule has 3 heteroatoms. The van der Waals surface area contributed by atoms with Crippen LogP contribution in [0.25, 0.3) is 0 Å². The molecule has 0 saturated carbocycles. The average Bonchev–Trinajstić information content (AvgIpc) is 2.62. The second-order valence-electron chi connectivity index (χ2n) is 5.51. The molecule has 3 nitrogen and oxygen atoms in total. The van der Waals surface area contributed by atoms with Crippen LogP contribution in [0, 0.1) is 11.8 Å². The molecule has 3 rings (SSSR count). The summed E-state index contributed by atoms with van der Waals surface area (Å²) in [7, 11) is 0.